The maximum atomic E-state index is 5.57. The fourth-order valence-electron chi connectivity index (χ4n) is 1.95. The van der Waals surface area contributed by atoms with Gasteiger partial charge in [-0.2, -0.15) is 0 Å². The molecular weight excluding hydrogens is 288 g/mol. The van der Waals surface area contributed by atoms with Crippen molar-refractivity contribution in [3.63, 3.8) is 0 Å². The summed E-state index contributed by atoms with van der Waals surface area (Å²) in [5.74, 6) is 1.55. The summed E-state index contributed by atoms with van der Waals surface area (Å²) in [6, 6.07) is 9.99. The molecule has 2 aromatic rings. The van der Waals surface area contributed by atoms with Gasteiger partial charge in [-0.3, -0.25) is 4.98 Å². The van der Waals surface area contributed by atoms with Gasteiger partial charge in [0.1, 0.15) is 0 Å². The third kappa shape index (κ3) is 5.25. The van der Waals surface area contributed by atoms with Crippen molar-refractivity contribution in [2.75, 3.05) is 13.7 Å². The molecule has 1 aromatic heterocycles. The Kier molecular flexibility index (Phi) is 7.58. The monoisotopic (exact) mass is 308 g/mol. The van der Waals surface area contributed by atoms with Gasteiger partial charge in [0.25, 0.3) is 0 Å². The van der Waals surface area contributed by atoms with E-state index >= 15 is 0 Å². The molecule has 0 atom stereocenters. The van der Waals surface area contributed by atoms with E-state index in [0.29, 0.717) is 6.61 Å². The first-order valence-electron chi connectivity index (χ1n) is 6.72. The Morgan fingerprint density at radius 2 is 1.90 bits per heavy atom. The van der Waals surface area contributed by atoms with Crippen LogP contribution in [0.25, 0.3) is 0 Å². The molecule has 0 aliphatic carbocycles. The smallest absolute Gasteiger partial charge is 0.161 e. The predicted octanol–water partition coefficient (Wildman–Crippen LogP) is 3.20. The number of hydrogen-bond donors (Lipinski definition) is 1. The van der Waals surface area contributed by atoms with Gasteiger partial charge in [0, 0.05) is 25.5 Å². The molecule has 2 rings (SSSR count). The van der Waals surface area contributed by atoms with Crippen LogP contribution in [0.15, 0.2) is 42.7 Å². The highest BCUT2D eigenvalue weighted by atomic mass is 35.5. The number of methoxy groups -OCH3 is 1. The molecule has 0 radical (unpaired) electrons. The SMILES string of the molecule is CCOc1cc(CNCc2cccnc2)ccc1OC.Cl. The summed E-state index contributed by atoms with van der Waals surface area (Å²) in [7, 11) is 1.65. The molecule has 1 N–H and O–H groups in total. The first kappa shape index (κ1) is 17.3. The van der Waals surface area contributed by atoms with Crippen molar-refractivity contribution in [1.29, 1.82) is 0 Å². The van der Waals surface area contributed by atoms with Crippen LogP contribution in [0.2, 0.25) is 0 Å². The third-order valence-electron chi connectivity index (χ3n) is 2.91. The van der Waals surface area contributed by atoms with Crippen molar-refractivity contribution >= 4 is 12.4 Å². The molecule has 1 heterocycles. The first-order chi connectivity index (χ1) is 9.83. The minimum Gasteiger partial charge on any atom is -0.493 e. The molecule has 0 aliphatic heterocycles. The van der Waals surface area contributed by atoms with E-state index in [1.54, 1.807) is 13.3 Å². The van der Waals surface area contributed by atoms with Gasteiger partial charge in [-0.15, -0.1) is 12.4 Å². The maximum Gasteiger partial charge on any atom is 0.161 e. The normalized spacial score (nSPS) is 9.81. The van der Waals surface area contributed by atoms with Crippen molar-refractivity contribution in [1.82, 2.24) is 10.3 Å². The van der Waals surface area contributed by atoms with E-state index in [2.05, 4.69) is 16.4 Å². The molecular formula is C16H21ClN2O2. The lowest BCUT2D eigenvalue weighted by Gasteiger charge is -2.11. The van der Waals surface area contributed by atoms with Gasteiger partial charge in [0.15, 0.2) is 11.5 Å². The van der Waals surface area contributed by atoms with E-state index in [-0.39, 0.29) is 12.4 Å². The minimum atomic E-state index is 0. The van der Waals surface area contributed by atoms with Crippen LogP contribution in [-0.2, 0) is 13.1 Å². The lowest BCUT2D eigenvalue weighted by molar-refractivity contribution is 0.310. The van der Waals surface area contributed by atoms with Crippen LogP contribution in [-0.4, -0.2) is 18.7 Å². The summed E-state index contributed by atoms with van der Waals surface area (Å²) in [6.07, 6.45) is 3.65. The van der Waals surface area contributed by atoms with Crippen LogP contribution in [0.3, 0.4) is 0 Å². The number of nitrogens with one attached hydrogen (secondary N) is 1. The maximum absolute atomic E-state index is 5.57. The zero-order valence-corrected chi connectivity index (χ0v) is 13.2. The van der Waals surface area contributed by atoms with Gasteiger partial charge < -0.3 is 14.8 Å². The van der Waals surface area contributed by atoms with Gasteiger partial charge in [0.2, 0.25) is 0 Å². The minimum absolute atomic E-state index is 0. The fourth-order valence-corrected chi connectivity index (χ4v) is 1.95. The molecule has 0 unspecified atom stereocenters. The molecule has 5 heteroatoms. The Bertz CT molecular complexity index is 535. The van der Waals surface area contributed by atoms with Crippen LogP contribution in [0, 0.1) is 0 Å². The second-order valence-electron chi connectivity index (χ2n) is 4.38. The number of benzene rings is 1. The molecule has 0 saturated carbocycles. The molecule has 0 aliphatic rings. The molecule has 21 heavy (non-hydrogen) atoms. The molecule has 0 spiro atoms. The van der Waals surface area contributed by atoms with Crippen molar-refractivity contribution in [2.45, 2.75) is 20.0 Å². The Hall–Kier alpha value is -1.78. The van der Waals surface area contributed by atoms with E-state index in [9.17, 15) is 0 Å². The molecule has 0 amide bonds. The van der Waals surface area contributed by atoms with Crippen LogP contribution in [0.1, 0.15) is 18.1 Å². The Labute approximate surface area is 131 Å². The Morgan fingerprint density at radius 3 is 2.57 bits per heavy atom. The lowest BCUT2D eigenvalue weighted by atomic mass is 10.2. The average molecular weight is 309 g/mol. The number of rotatable bonds is 7. The zero-order chi connectivity index (χ0) is 14.2. The number of halogens is 1. The third-order valence-corrected chi connectivity index (χ3v) is 2.91. The first-order valence-corrected chi connectivity index (χ1v) is 6.72. The molecule has 4 nitrogen and oxygen atoms in total. The van der Waals surface area contributed by atoms with E-state index in [4.69, 9.17) is 9.47 Å². The van der Waals surface area contributed by atoms with Gasteiger partial charge >= 0.3 is 0 Å². The summed E-state index contributed by atoms with van der Waals surface area (Å²) < 4.78 is 10.8. The highest BCUT2D eigenvalue weighted by molar-refractivity contribution is 5.85. The average Bonchev–Trinajstić information content (AvgIpc) is 2.49. The topological polar surface area (TPSA) is 43.4 Å². The number of ether oxygens (including phenoxy) is 2. The standard InChI is InChI=1S/C16H20N2O2.ClH/c1-3-20-16-9-13(6-7-15(16)19-2)10-18-12-14-5-4-8-17-11-14;/h4-9,11,18H,3,10,12H2,1-2H3;1H. The number of hydrogen-bond acceptors (Lipinski definition) is 4. The summed E-state index contributed by atoms with van der Waals surface area (Å²) >= 11 is 0. The largest absolute Gasteiger partial charge is 0.493 e. The lowest BCUT2D eigenvalue weighted by Crippen LogP contribution is -2.12. The van der Waals surface area contributed by atoms with E-state index in [1.807, 2.05) is 37.4 Å². The zero-order valence-electron chi connectivity index (χ0n) is 12.3. The molecule has 0 bridgehead atoms. The van der Waals surface area contributed by atoms with E-state index in [1.165, 1.54) is 5.56 Å². The van der Waals surface area contributed by atoms with Gasteiger partial charge in [-0.05, 0) is 36.2 Å². The summed E-state index contributed by atoms with van der Waals surface area (Å²) in [4.78, 5) is 4.09. The van der Waals surface area contributed by atoms with Gasteiger partial charge in [-0.25, -0.2) is 0 Å². The molecule has 0 fully saturated rings. The second kappa shape index (κ2) is 9.21. The Morgan fingerprint density at radius 1 is 1.10 bits per heavy atom. The van der Waals surface area contributed by atoms with Crippen LogP contribution >= 0.6 is 12.4 Å². The number of nitrogens with zero attached hydrogens (tertiary/aromatic N) is 1. The van der Waals surface area contributed by atoms with Crippen molar-refractivity contribution in [3.05, 3.63) is 53.9 Å². The molecule has 114 valence electrons. The van der Waals surface area contributed by atoms with Crippen molar-refractivity contribution in [2.24, 2.45) is 0 Å². The second-order valence-corrected chi connectivity index (χ2v) is 4.38. The fraction of sp³-hybridized carbons (Fsp3) is 0.312. The summed E-state index contributed by atoms with van der Waals surface area (Å²) in [6.45, 7) is 4.17. The van der Waals surface area contributed by atoms with E-state index in [0.717, 1.165) is 30.2 Å². The predicted molar refractivity (Wildman–Crippen MR) is 86.2 cm³/mol. The highest BCUT2D eigenvalue weighted by Crippen LogP contribution is 2.27. The number of pyridine rings is 1. The van der Waals surface area contributed by atoms with Crippen LogP contribution in [0.4, 0.5) is 0 Å². The molecule has 1 aromatic carbocycles. The summed E-state index contributed by atoms with van der Waals surface area (Å²) in [5, 5.41) is 3.39. The quantitative estimate of drug-likeness (QED) is 0.853. The van der Waals surface area contributed by atoms with Gasteiger partial charge in [0.05, 0.1) is 13.7 Å². The van der Waals surface area contributed by atoms with Crippen molar-refractivity contribution < 1.29 is 9.47 Å². The number of aromatic nitrogens is 1. The van der Waals surface area contributed by atoms with Crippen LogP contribution < -0.4 is 14.8 Å². The van der Waals surface area contributed by atoms with Crippen LogP contribution in [0.5, 0.6) is 11.5 Å². The summed E-state index contributed by atoms with van der Waals surface area (Å²) in [5.41, 5.74) is 2.34. The van der Waals surface area contributed by atoms with Crippen molar-refractivity contribution in [3.8, 4) is 11.5 Å². The highest BCUT2D eigenvalue weighted by Gasteiger charge is 2.05. The Balaban J connectivity index is 0.00000220. The van der Waals surface area contributed by atoms with E-state index < -0.39 is 0 Å². The van der Waals surface area contributed by atoms with Gasteiger partial charge in [-0.1, -0.05) is 12.1 Å². The molecule has 0 saturated heterocycles.